The van der Waals surface area contributed by atoms with Crippen LogP contribution in [0.1, 0.15) is 104 Å². The van der Waals surface area contributed by atoms with Crippen molar-refractivity contribution in [2.75, 3.05) is 18.0 Å². The van der Waals surface area contributed by atoms with Crippen LogP contribution in [0.25, 0.3) is 27.2 Å². The van der Waals surface area contributed by atoms with Crippen LogP contribution in [-0.4, -0.2) is 43.6 Å². The van der Waals surface area contributed by atoms with E-state index in [1.54, 1.807) is 11.8 Å². The van der Waals surface area contributed by atoms with Gasteiger partial charge in [-0.05, 0) is 155 Å². The number of rotatable bonds is 14. The number of benzene rings is 5. The highest BCUT2D eigenvalue weighted by Crippen LogP contribution is 2.52. The Morgan fingerprint density at radius 3 is 2.16 bits per heavy atom. The van der Waals surface area contributed by atoms with Gasteiger partial charge in [-0.1, -0.05) is 127 Å². The summed E-state index contributed by atoms with van der Waals surface area (Å²) in [6, 6.07) is 33.0. The Kier molecular flexibility index (Phi) is 12.6. The first-order valence-corrected chi connectivity index (χ1v) is 25.1. The van der Waals surface area contributed by atoms with Crippen molar-refractivity contribution in [3.8, 4) is 5.69 Å². The minimum Gasteiger partial charge on any atom is -0.344 e. The highest BCUT2D eigenvalue weighted by Gasteiger charge is 2.46. The molecule has 3 heterocycles. The van der Waals surface area contributed by atoms with Gasteiger partial charge >= 0.3 is 0 Å². The van der Waals surface area contributed by atoms with E-state index in [2.05, 4.69) is 196 Å². The lowest BCUT2D eigenvalue weighted by molar-refractivity contribution is -0.438. The maximum absolute atomic E-state index is 4.61. The lowest BCUT2D eigenvalue weighted by Gasteiger charge is -2.27. The SMILES string of the molecule is CCCCCN1/C(=C/C=C2\CCC(/C=C/C3=[N+](CCCCC)c4ccc5cc(Br)ccc5c4C3(C)C)=C2Sc2nnnn2-c2ccccc2)C(C)(C)c2c1ccc1cc(Br)ccc21. The van der Waals surface area contributed by atoms with E-state index in [1.807, 2.05) is 22.9 Å². The van der Waals surface area contributed by atoms with E-state index in [0.29, 0.717) is 0 Å². The molecule has 0 radical (unpaired) electrons. The number of hydrogen-bond donors (Lipinski definition) is 0. The van der Waals surface area contributed by atoms with Gasteiger partial charge in [0.05, 0.1) is 11.1 Å². The number of tetrazole rings is 1. The number of unbranched alkanes of at least 4 members (excludes halogenated alkanes) is 4. The van der Waals surface area contributed by atoms with Crippen LogP contribution in [0.15, 0.2) is 151 Å². The summed E-state index contributed by atoms with van der Waals surface area (Å²) in [6.07, 6.45) is 18.7. The quantitative estimate of drug-likeness (QED) is 0.0804. The molecule has 0 atom stereocenters. The average Bonchev–Trinajstić information content (AvgIpc) is 4.00. The lowest BCUT2D eigenvalue weighted by atomic mass is 9.79. The van der Waals surface area contributed by atoms with Crippen LogP contribution in [0.3, 0.4) is 0 Å². The molecule has 6 nitrogen and oxygen atoms in total. The molecule has 2 aliphatic heterocycles. The average molecular weight is 982 g/mol. The molecular weight excluding hydrogens is 925 g/mol. The second kappa shape index (κ2) is 18.1. The van der Waals surface area contributed by atoms with Gasteiger partial charge in [0.1, 0.15) is 6.54 Å². The predicted octanol–water partition coefficient (Wildman–Crippen LogP) is 15.3. The van der Waals surface area contributed by atoms with E-state index >= 15 is 0 Å². The standard InChI is InChI=1S/C54H57Br2N6S/c1-7-9-14-32-60-45-28-20-38-34-40(55)24-26-43(38)49(45)53(3,4)47(60)30-22-36-18-19-37(51(36)63-52-57-58-59-62(52)42-16-12-11-13-17-42)23-31-48-54(5,6)50-44-27-25-41(56)35-39(44)21-29-46(50)61(48)33-15-10-8-2/h11-13,16-17,20-31,34-35H,7-10,14-15,18-19,32-33H2,1-6H3/q+1. The fraction of sp³-hybridized carbons (Fsp3) is 0.333. The summed E-state index contributed by atoms with van der Waals surface area (Å²) in [5.74, 6) is 0. The second-order valence-corrected chi connectivity index (χ2v) is 21.1. The van der Waals surface area contributed by atoms with Crippen LogP contribution in [0.5, 0.6) is 0 Å². The van der Waals surface area contributed by atoms with Crippen molar-refractivity contribution in [2.45, 2.75) is 109 Å². The van der Waals surface area contributed by atoms with Crippen molar-refractivity contribution >= 4 is 82.3 Å². The van der Waals surface area contributed by atoms with Crippen LogP contribution >= 0.6 is 43.6 Å². The summed E-state index contributed by atoms with van der Waals surface area (Å²) in [6.45, 7) is 16.2. The number of aromatic nitrogens is 4. The molecule has 0 amide bonds. The number of anilines is 1. The minimum atomic E-state index is -0.192. The van der Waals surface area contributed by atoms with Gasteiger partial charge in [-0.2, -0.15) is 9.26 Å². The Morgan fingerprint density at radius 2 is 1.43 bits per heavy atom. The molecule has 63 heavy (non-hydrogen) atoms. The monoisotopic (exact) mass is 979 g/mol. The van der Waals surface area contributed by atoms with Crippen LogP contribution in [0.4, 0.5) is 11.4 Å². The molecule has 0 spiro atoms. The van der Waals surface area contributed by atoms with Crippen molar-refractivity contribution in [3.05, 3.63) is 157 Å². The van der Waals surface area contributed by atoms with E-state index in [4.69, 9.17) is 0 Å². The number of halogens is 2. The van der Waals surface area contributed by atoms with Gasteiger partial charge in [0.25, 0.3) is 0 Å². The van der Waals surface area contributed by atoms with Crippen molar-refractivity contribution in [1.29, 1.82) is 0 Å². The first-order chi connectivity index (χ1) is 30.5. The Labute approximate surface area is 394 Å². The largest absolute Gasteiger partial charge is 0.344 e. The molecule has 0 bridgehead atoms. The minimum absolute atomic E-state index is 0.192. The summed E-state index contributed by atoms with van der Waals surface area (Å²) in [7, 11) is 0. The highest BCUT2D eigenvalue weighted by molar-refractivity contribution is 9.10. The van der Waals surface area contributed by atoms with Crippen LogP contribution in [0, 0.1) is 0 Å². The van der Waals surface area contributed by atoms with E-state index in [0.717, 1.165) is 58.6 Å². The molecule has 0 fully saturated rings. The predicted molar refractivity (Wildman–Crippen MR) is 272 cm³/mol. The molecule has 6 aromatic rings. The van der Waals surface area contributed by atoms with Gasteiger partial charge < -0.3 is 4.90 Å². The smallest absolute Gasteiger partial charge is 0.218 e. The third-order valence-electron chi connectivity index (χ3n) is 13.4. The van der Waals surface area contributed by atoms with Gasteiger partial charge in [-0.3, -0.25) is 0 Å². The summed E-state index contributed by atoms with van der Waals surface area (Å²) in [5, 5.41) is 19.2. The van der Waals surface area contributed by atoms with E-state index in [1.165, 1.54) is 97.2 Å². The molecule has 1 aromatic heterocycles. The van der Waals surface area contributed by atoms with E-state index in [-0.39, 0.29) is 10.8 Å². The molecule has 5 aromatic carbocycles. The maximum atomic E-state index is 4.61. The Bertz CT molecular complexity index is 2880. The zero-order valence-corrected chi connectivity index (χ0v) is 41.4. The third kappa shape index (κ3) is 8.23. The molecule has 9 heteroatoms. The molecule has 0 saturated heterocycles. The van der Waals surface area contributed by atoms with E-state index in [9.17, 15) is 0 Å². The Balaban J connectivity index is 1.16. The fourth-order valence-electron chi connectivity index (χ4n) is 10.2. The first-order valence-electron chi connectivity index (χ1n) is 22.7. The van der Waals surface area contributed by atoms with Gasteiger partial charge in [0.15, 0.2) is 5.71 Å². The second-order valence-electron chi connectivity index (χ2n) is 18.2. The molecule has 3 aliphatic rings. The molecule has 0 N–H and O–H groups in total. The zero-order chi connectivity index (χ0) is 43.9. The third-order valence-corrected chi connectivity index (χ3v) is 15.5. The van der Waals surface area contributed by atoms with Gasteiger partial charge in [0.2, 0.25) is 10.8 Å². The van der Waals surface area contributed by atoms with E-state index < -0.39 is 0 Å². The normalized spacial score (nSPS) is 18.1. The molecule has 322 valence electrons. The Morgan fingerprint density at radius 1 is 0.730 bits per heavy atom. The van der Waals surface area contributed by atoms with Crippen molar-refractivity contribution in [3.63, 3.8) is 0 Å². The highest BCUT2D eigenvalue weighted by atomic mass is 79.9. The van der Waals surface area contributed by atoms with Crippen LogP contribution in [0.2, 0.25) is 0 Å². The number of hydrogen-bond acceptors (Lipinski definition) is 5. The summed E-state index contributed by atoms with van der Waals surface area (Å²) >= 11 is 9.15. The molecule has 9 rings (SSSR count). The van der Waals surface area contributed by atoms with Crippen molar-refractivity contribution in [1.82, 2.24) is 20.2 Å². The van der Waals surface area contributed by atoms with Crippen LogP contribution in [-0.2, 0) is 10.8 Å². The summed E-state index contributed by atoms with van der Waals surface area (Å²) in [4.78, 5) is 3.84. The van der Waals surface area contributed by atoms with Crippen LogP contribution < -0.4 is 4.90 Å². The molecule has 0 unspecified atom stereocenters. The Hall–Kier alpha value is -4.57. The van der Waals surface area contributed by atoms with Gasteiger partial charge in [0, 0.05) is 61.3 Å². The lowest BCUT2D eigenvalue weighted by Crippen LogP contribution is -2.28. The molecule has 0 saturated carbocycles. The number of thioether (sulfide) groups is 1. The molecular formula is C54H57Br2N6S+. The topological polar surface area (TPSA) is 49.9 Å². The van der Waals surface area contributed by atoms with Crippen molar-refractivity contribution in [2.24, 2.45) is 0 Å². The first kappa shape index (κ1) is 43.7. The number of nitrogens with zero attached hydrogens (tertiary/aromatic N) is 6. The summed E-state index contributed by atoms with van der Waals surface area (Å²) < 4.78 is 6.70. The van der Waals surface area contributed by atoms with Crippen molar-refractivity contribution < 1.29 is 4.58 Å². The van der Waals surface area contributed by atoms with Gasteiger partial charge in [-0.15, -0.1) is 5.10 Å². The maximum Gasteiger partial charge on any atom is 0.218 e. The summed E-state index contributed by atoms with van der Waals surface area (Å²) in [5.41, 5.74) is 11.4. The van der Waals surface area contributed by atoms with Gasteiger partial charge in [-0.25, -0.2) is 0 Å². The number of para-hydroxylation sites is 1. The number of fused-ring (bicyclic) bond motifs is 6. The fourth-order valence-corrected chi connectivity index (χ4v) is 12.1. The molecule has 1 aliphatic carbocycles. The zero-order valence-electron chi connectivity index (χ0n) is 37.4. The number of allylic oxidation sites excluding steroid dienone is 7.